The number of aromatic hydroxyl groups is 1. The fourth-order valence-corrected chi connectivity index (χ4v) is 4.62. The highest BCUT2D eigenvalue weighted by Gasteiger charge is 2.49. The minimum absolute atomic E-state index is 0.0267. The molecule has 2 fully saturated rings. The molecule has 1 aliphatic carbocycles. The fraction of sp³-hybridized carbons (Fsp3) is 0.304. The average Bonchev–Trinajstić information content (AvgIpc) is 3.35. The predicted molar refractivity (Wildman–Crippen MR) is 113 cm³/mol. The minimum Gasteiger partial charge on any atom is -0.508 e. The number of aliphatic hydroxyl groups is 1. The number of ketones is 1. The molecule has 156 valence electrons. The third-order valence-corrected chi connectivity index (χ3v) is 6.13. The Morgan fingerprint density at radius 3 is 2.37 bits per heavy atom. The van der Waals surface area contributed by atoms with Crippen molar-refractivity contribution in [3.05, 3.63) is 64.2 Å². The Hall–Kier alpha value is -2.99. The summed E-state index contributed by atoms with van der Waals surface area (Å²) in [4.78, 5) is 27.6. The molecule has 1 saturated carbocycles. The molecular weight excluding hydrogens is 406 g/mol. The van der Waals surface area contributed by atoms with Crippen LogP contribution in [0.3, 0.4) is 0 Å². The number of likely N-dealkylation sites (tertiary alicyclic amines) is 1. The van der Waals surface area contributed by atoms with Gasteiger partial charge in [0.05, 0.1) is 23.7 Å². The number of amides is 1. The number of nitrogens with zero attached hydrogens (tertiary/aromatic N) is 1. The lowest BCUT2D eigenvalue weighted by molar-refractivity contribution is -0.141. The number of ether oxygens (including phenoxy) is 1. The van der Waals surface area contributed by atoms with E-state index in [0.29, 0.717) is 16.9 Å². The quantitative estimate of drug-likeness (QED) is 0.428. The Bertz CT molecular complexity index is 1020. The Morgan fingerprint density at radius 2 is 1.77 bits per heavy atom. The smallest absolute Gasteiger partial charge is 0.295 e. The van der Waals surface area contributed by atoms with Gasteiger partial charge in [-0.1, -0.05) is 36.6 Å². The van der Waals surface area contributed by atoms with Crippen molar-refractivity contribution >= 4 is 29.1 Å². The third kappa shape index (κ3) is 3.41. The topological polar surface area (TPSA) is 87.1 Å². The van der Waals surface area contributed by atoms with Gasteiger partial charge in [0.1, 0.15) is 17.3 Å². The van der Waals surface area contributed by atoms with Gasteiger partial charge < -0.3 is 19.8 Å². The number of phenolic OH excluding ortho intramolecular Hbond substituents is 1. The summed E-state index contributed by atoms with van der Waals surface area (Å²) in [5.74, 6) is -1.09. The van der Waals surface area contributed by atoms with Crippen molar-refractivity contribution in [2.75, 3.05) is 7.11 Å². The van der Waals surface area contributed by atoms with Crippen LogP contribution in [0.15, 0.2) is 48.0 Å². The lowest BCUT2D eigenvalue weighted by atomic mass is 9.94. The highest BCUT2D eigenvalue weighted by Crippen LogP contribution is 2.44. The summed E-state index contributed by atoms with van der Waals surface area (Å²) in [6, 6.07) is 10.3. The molecule has 1 unspecified atom stereocenters. The van der Waals surface area contributed by atoms with Gasteiger partial charge >= 0.3 is 0 Å². The molecule has 1 aliphatic heterocycles. The van der Waals surface area contributed by atoms with Crippen LogP contribution in [0.4, 0.5) is 0 Å². The molecule has 1 atom stereocenters. The van der Waals surface area contributed by atoms with E-state index >= 15 is 0 Å². The number of carbonyl (C=O) groups is 2. The summed E-state index contributed by atoms with van der Waals surface area (Å²) in [6.07, 6.45) is 3.61. The van der Waals surface area contributed by atoms with E-state index < -0.39 is 17.7 Å². The van der Waals surface area contributed by atoms with E-state index in [-0.39, 0.29) is 28.1 Å². The van der Waals surface area contributed by atoms with Crippen LogP contribution in [0.25, 0.3) is 5.76 Å². The van der Waals surface area contributed by atoms with Crippen LogP contribution in [-0.4, -0.2) is 40.0 Å². The number of Topliss-reactive ketones (excluding diaryl/α,β-unsaturated/α-hetero) is 1. The number of hydrogen-bond acceptors (Lipinski definition) is 5. The van der Waals surface area contributed by atoms with Crippen LogP contribution < -0.4 is 4.74 Å². The maximum atomic E-state index is 13.0. The summed E-state index contributed by atoms with van der Waals surface area (Å²) < 4.78 is 5.15. The van der Waals surface area contributed by atoms with Crippen LogP contribution >= 0.6 is 11.6 Å². The van der Waals surface area contributed by atoms with Crippen LogP contribution in [0, 0.1) is 0 Å². The van der Waals surface area contributed by atoms with E-state index in [4.69, 9.17) is 16.3 Å². The van der Waals surface area contributed by atoms with Gasteiger partial charge in [0.2, 0.25) is 0 Å². The number of methoxy groups -OCH3 is 1. The molecule has 30 heavy (non-hydrogen) atoms. The van der Waals surface area contributed by atoms with Crippen molar-refractivity contribution in [2.45, 2.75) is 37.8 Å². The molecule has 1 saturated heterocycles. The van der Waals surface area contributed by atoms with E-state index in [2.05, 4.69) is 0 Å². The van der Waals surface area contributed by atoms with Crippen LogP contribution in [-0.2, 0) is 9.59 Å². The predicted octanol–water partition coefficient (Wildman–Crippen LogP) is 4.42. The Balaban J connectivity index is 1.87. The number of halogens is 1. The van der Waals surface area contributed by atoms with Gasteiger partial charge in [0, 0.05) is 11.6 Å². The van der Waals surface area contributed by atoms with Gasteiger partial charge in [-0.05, 0) is 48.7 Å². The molecule has 1 heterocycles. The second-order valence-electron chi connectivity index (χ2n) is 7.59. The van der Waals surface area contributed by atoms with Gasteiger partial charge in [-0.3, -0.25) is 9.59 Å². The maximum absolute atomic E-state index is 13.0. The van der Waals surface area contributed by atoms with E-state index in [9.17, 15) is 19.8 Å². The molecule has 4 rings (SSSR count). The highest BCUT2D eigenvalue weighted by atomic mass is 35.5. The number of benzene rings is 2. The Labute approximate surface area is 179 Å². The molecule has 0 bridgehead atoms. The van der Waals surface area contributed by atoms with Crippen molar-refractivity contribution in [3.8, 4) is 11.5 Å². The van der Waals surface area contributed by atoms with Crippen LogP contribution in [0.1, 0.15) is 42.9 Å². The number of rotatable bonds is 4. The number of aliphatic hydroxyl groups excluding tert-OH is 1. The zero-order valence-electron chi connectivity index (χ0n) is 16.5. The minimum atomic E-state index is -0.727. The first-order valence-corrected chi connectivity index (χ1v) is 10.2. The van der Waals surface area contributed by atoms with E-state index in [1.165, 1.54) is 25.3 Å². The molecule has 1 amide bonds. The second-order valence-corrected chi connectivity index (χ2v) is 7.99. The fourth-order valence-electron chi connectivity index (χ4n) is 4.36. The number of phenols is 1. The van der Waals surface area contributed by atoms with Gasteiger partial charge in [0.25, 0.3) is 11.7 Å². The lowest BCUT2D eigenvalue weighted by Gasteiger charge is -2.30. The molecule has 2 aromatic carbocycles. The Morgan fingerprint density at radius 1 is 1.10 bits per heavy atom. The summed E-state index contributed by atoms with van der Waals surface area (Å²) >= 11 is 6.20. The molecule has 7 heteroatoms. The molecule has 0 spiro atoms. The van der Waals surface area contributed by atoms with Gasteiger partial charge in [-0.15, -0.1) is 0 Å². The lowest BCUT2D eigenvalue weighted by Crippen LogP contribution is -2.37. The standard InChI is InChI=1S/C23H22ClNO5/c1-30-18-11-8-14(12-17(18)24)21(27)19-20(13-6-9-16(26)10-7-13)25(23(29)22(19)28)15-4-2-3-5-15/h6-12,15,20,26-27H,2-5H2,1H3/b21-19-. The van der Waals surface area contributed by atoms with Crippen molar-refractivity contribution < 1.29 is 24.5 Å². The van der Waals surface area contributed by atoms with Crippen LogP contribution in [0.5, 0.6) is 11.5 Å². The largest absolute Gasteiger partial charge is 0.508 e. The summed E-state index contributed by atoms with van der Waals surface area (Å²) in [5, 5.41) is 21.0. The first-order valence-electron chi connectivity index (χ1n) is 9.85. The van der Waals surface area contributed by atoms with E-state index in [0.717, 1.165) is 25.7 Å². The normalized spacial score (nSPS) is 21.4. The summed E-state index contributed by atoms with van der Waals surface area (Å²) in [6.45, 7) is 0. The first kappa shape index (κ1) is 20.3. The first-order chi connectivity index (χ1) is 14.4. The van der Waals surface area contributed by atoms with Crippen molar-refractivity contribution in [1.29, 1.82) is 0 Å². The zero-order valence-corrected chi connectivity index (χ0v) is 17.2. The molecule has 6 nitrogen and oxygen atoms in total. The molecule has 2 aliphatic rings. The SMILES string of the molecule is COc1ccc(/C(O)=C2/C(=O)C(=O)N(C3CCCC3)C2c2ccc(O)cc2)cc1Cl. The Kier molecular flexibility index (Phi) is 5.43. The monoisotopic (exact) mass is 427 g/mol. The van der Waals surface area contributed by atoms with Crippen molar-refractivity contribution in [3.63, 3.8) is 0 Å². The number of hydrogen-bond donors (Lipinski definition) is 2. The van der Waals surface area contributed by atoms with Crippen molar-refractivity contribution in [1.82, 2.24) is 4.90 Å². The highest BCUT2D eigenvalue weighted by molar-refractivity contribution is 6.46. The van der Waals surface area contributed by atoms with Gasteiger partial charge in [-0.25, -0.2) is 0 Å². The van der Waals surface area contributed by atoms with E-state index in [1.807, 2.05) is 0 Å². The third-order valence-electron chi connectivity index (χ3n) is 5.83. The zero-order chi connectivity index (χ0) is 21.4. The molecule has 2 N–H and O–H groups in total. The molecule has 2 aromatic rings. The second kappa shape index (κ2) is 8.03. The average molecular weight is 428 g/mol. The maximum Gasteiger partial charge on any atom is 0.295 e. The summed E-state index contributed by atoms with van der Waals surface area (Å²) in [5.41, 5.74) is 1.01. The van der Waals surface area contributed by atoms with Gasteiger partial charge in [0.15, 0.2) is 0 Å². The molecule has 0 radical (unpaired) electrons. The molecule has 0 aromatic heterocycles. The van der Waals surface area contributed by atoms with Crippen molar-refractivity contribution in [2.24, 2.45) is 0 Å². The molecular formula is C23H22ClNO5. The summed E-state index contributed by atoms with van der Waals surface area (Å²) in [7, 11) is 1.48. The van der Waals surface area contributed by atoms with Crippen LogP contribution in [0.2, 0.25) is 5.02 Å². The van der Waals surface area contributed by atoms with Gasteiger partial charge in [-0.2, -0.15) is 0 Å². The number of carbonyl (C=O) groups excluding carboxylic acids is 2. The van der Waals surface area contributed by atoms with E-state index in [1.54, 1.807) is 29.2 Å².